The molecular weight excluding hydrogens is 221 g/mol. The molecule has 0 aromatic heterocycles. The summed E-state index contributed by atoms with van der Waals surface area (Å²) in [5, 5.41) is 0.516. The van der Waals surface area contributed by atoms with E-state index in [-0.39, 0.29) is 29.6 Å². The summed E-state index contributed by atoms with van der Waals surface area (Å²) in [4.78, 5) is 15.6. The van der Waals surface area contributed by atoms with Crippen LogP contribution in [0.2, 0.25) is 0 Å². The quantitative estimate of drug-likeness (QED) is 0.538. The van der Waals surface area contributed by atoms with Crippen molar-refractivity contribution in [3.8, 4) is 0 Å². The van der Waals surface area contributed by atoms with E-state index in [0.717, 1.165) is 0 Å². The van der Waals surface area contributed by atoms with Crippen LogP contribution in [0.5, 0.6) is 0 Å². The molecule has 0 saturated heterocycles. The Labute approximate surface area is 100 Å². The average molecular weight is 230 g/mol. The first kappa shape index (κ1) is 15.9. The van der Waals surface area contributed by atoms with Crippen LogP contribution in [0.25, 0.3) is 0 Å². The Balaban J connectivity index is 0. The van der Waals surface area contributed by atoms with Gasteiger partial charge in [0, 0.05) is 5.30 Å². The second kappa shape index (κ2) is 10.6. The van der Waals surface area contributed by atoms with E-state index in [9.17, 15) is 4.57 Å². The molecule has 1 unspecified atom stereocenters. The van der Waals surface area contributed by atoms with Crippen LogP contribution in [-0.4, -0.2) is 39.3 Å². The Bertz CT molecular complexity index is 254. The van der Waals surface area contributed by atoms with Crippen molar-refractivity contribution < 1.29 is 18.9 Å². The standard InChI is InChI=1S/C6H7O2P.Na.HO2P.H/c7-9(8)6-4-2-1-3-5-6;;1-3-2;/h1-5,9H,(H,7,8);;(H,1,2);. The van der Waals surface area contributed by atoms with Gasteiger partial charge in [0.05, 0.1) is 0 Å². The Morgan fingerprint density at radius 1 is 1.23 bits per heavy atom. The SMILES string of the molecule is O=PO.O=[PH](O)c1ccccc1.[NaH]. The van der Waals surface area contributed by atoms with Gasteiger partial charge in [0.15, 0.2) is 0 Å². The third-order valence-corrected chi connectivity index (χ3v) is 1.85. The van der Waals surface area contributed by atoms with Gasteiger partial charge in [-0.1, -0.05) is 18.2 Å². The van der Waals surface area contributed by atoms with Crippen LogP contribution in [0, 0.1) is 0 Å². The maximum atomic E-state index is 10.4. The van der Waals surface area contributed by atoms with E-state index in [4.69, 9.17) is 14.4 Å². The van der Waals surface area contributed by atoms with E-state index in [0.29, 0.717) is 5.30 Å². The molecule has 0 saturated carbocycles. The summed E-state index contributed by atoms with van der Waals surface area (Å²) >= 11 is 0. The van der Waals surface area contributed by atoms with Gasteiger partial charge in [0.25, 0.3) is 0 Å². The van der Waals surface area contributed by atoms with E-state index in [1.54, 1.807) is 24.3 Å². The summed E-state index contributed by atoms with van der Waals surface area (Å²) < 4.78 is 18.8. The maximum absolute atomic E-state index is 10.4. The van der Waals surface area contributed by atoms with Crippen molar-refractivity contribution in [1.82, 2.24) is 0 Å². The van der Waals surface area contributed by atoms with Gasteiger partial charge in [-0.25, -0.2) is 4.57 Å². The molecule has 13 heavy (non-hydrogen) atoms. The molecule has 1 aromatic rings. The van der Waals surface area contributed by atoms with Crippen molar-refractivity contribution in [1.29, 1.82) is 0 Å². The summed E-state index contributed by atoms with van der Waals surface area (Å²) in [5.74, 6) is 0. The predicted octanol–water partition coefficient (Wildman–Crippen LogP) is 0.316. The van der Waals surface area contributed by atoms with Gasteiger partial charge >= 0.3 is 38.2 Å². The molecule has 0 bridgehead atoms. The monoisotopic (exact) mass is 230 g/mol. The number of benzene rings is 1. The molecule has 4 nitrogen and oxygen atoms in total. The average Bonchev–Trinajstić information content (AvgIpc) is 2.07. The summed E-state index contributed by atoms with van der Waals surface area (Å²) in [7, 11) is -3.30. The van der Waals surface area contributed by atoms with Crippen LogP contribution < -0.4 is 5.30 Å². The van der Waals surface area contributed by atoms with Crippen LogP contribution in [0.3, 0.4) is 0 Å². The molecule has 0 amide bonds. The molecule has 1 atom stereocenters. The zero-order valence-electron chi connectivity index (χ0n) is 6.04. The fourth-order valence-corrected chi connectivity index (χ4v) is 1.06. The third kappa shape index (κ3) is 8.79. The van der Waals surface area contributed by atoms with Gasteiger partial charge in [-0.05, 0) is 12.1 Å². The predicted molar refractivity (Wildman–Crippen MR) is 54.3 cm³/mol. The first-order valence-corrected chi connectivity index (χ1v) is 5.09. The van der Waals surface area contributed by atoms with E-state index in [2.05, 4.69) is 0 Å². The number of rotatable bonds is 1. The normalized spacial score (nSPS) is 10.6. The molecular formula is C6H9NaO4P2. The first-order chi connectivity index (χ1) is 5.72. The van der Waals surface area contributed by atoms with E-state index in [1.165, 1.54) is 0 Å². The topological polar surface area (TPSA) is 74.6 Å². The Morgan fingerprint density at radius 2 is 1.62 bits per heavy atom. The minimum absolute atomic E-state index is 0. The van der Waals surface area contributed by atoms with Crippen molar-refractivity contribution in [2.45, 2.75) is 0 Å². The molecule has 0 spiro atoms. The fraction of sp³-hybridized carbons (Fsp3) is 0. The van der Waals surface area contributed by atoms with Crippen molar-refractivity contribution in [2.75, 3.05) is 0 Å². The second-order valence-electron chi connectivity index (χ2n) is 1.75. The van der Waals surface area contributed by atoms with Gasteiger partial charge in [0.2, 0.25) is 8.03 Å². The Kier molecular flexibility index (Phi) is 12.9. The van der Waals surface area contributed by atoms with Gasteiger partial charge in [-0.3, -0.25) is 4.57 Å². The van der Waals surface area contributed by atoms with Gasteiger partial charge < -0.3 is 9.79 Å². The van der Waals surface area contributed by atoms with Crippen molar-refractivity contribution in [3.63, 3.8) is 0 Å². The summed E-state index contributed by atoms with van der Waals surface area (Å²) in [5.41, 5.74) is 0. The Hall–Kier alpha value is 0.470. The van der Waals surface area contributed by atoms with Crippen molar-refractivity contribution in [3.05, 3.63) is 30.3 Å². The number of hydrogen-bond donors (Lipinski definition) is 2. The zero-order chi connectivity index (χ0) is 9.40. The molecule has 0 radical (unpaired) electrons. The molecule has 1 aromatic carbocycles. The summed E-state index contributed by atoms with van der Waals surface area (Å²) in [6.07, 6.45) is 0. The Morgan fingerprint density at radius 3 is 1.85 bits per heavy atom. The van der Waals surface area contributed by atoms with E-state index in [1.807, 2.05) is 6.07 Å². The van der Waals surface area contributed by atoms with Crippen LogP contribution in [0.1, 0.15) is 0 Å². The van der Waals surface area contributed by atoms with Crippen LogP contribution in [-0.2, 0) is 9.13 Å². The zero-order valence-corrected chi connectivity index (χ0v) is 7.94. The fourth-order valence-electron chi connectivity index (χ4n) is 0.581. The minimum atomic E-state index is -2.46. The van der Waals surface area contributed by atoms with Gasteiger partial charge in [-0.15, -0.1) is 0 Å². The summed E-state index contributed by atoms with van der Waals surface area (Å²) in [6.45, 7) is 0. The number of hydrogen-bond acceptors (Lipinski definition) is 2. The molecule has 7 heteroatoms. The van der Waals surface area contributed by atoms with E-state index < -0.39 is 16.7 Å². The van der Waals surface area contributed by atoms with Gasteiger partial charge in [-0.2, -0.15) is 0 Å². The third-order valence-electron chi connectivity index (χ3n) is 1.02. The van der Waals surface area contributed by atoms with Crippen LogP contribution in [0.15, 0.2) is 30.3 Å². The van der Waals surface area contributed by atoms with E-state index >= 15 is 0 Å². The molecule has 0 aliphatic heterocycles. The molecule has 2 N–H and O–H groups in total. The molecule has 0 aliphatic rings. The molecule has 0 heterocycles. The molecule has 1 rings (SSSR count). The molecule has 0 aliphatic carbocycles. The van der Waals surface area contributed by atoms with Crippen molar-refractivity contribution in [2.24, 2.45) is 0 Å². The molecule has 68 valence electrons. The first-order valence-electron chi connectivity index (χ1n) is 2.97. The van der Waals surface area contributed by atoms with Crippen LogP contribution in [0.4, 0.5) is 0 Å². The second-order valence-corrected chi connectivity index (χ2v) is 3.10. The van der Waals surface area contributed by atoms with Crippen molar-refractivity contribution >= 4 is 51.6 Å². The molecule has 0 fully saturated rings. The van der Waals surface area contributed by atoms with Gasteiger partial charge in [0.1, 0.15) is 0 Å². The van der Waals surface area contributed by atoms with Crippen LogP contribution >= 0.6 is 16.7 Å². The summed E-state index contributed by atoms with van der Waals surface area (Å²) in [6, 6.07) is 8.58.